The van der Waals surface area contributed by atoms with E-state index in [4.69, 9.17) is 4.74 Å². The second-order valence-electron chi connectivity index (χ2n) is 4.69. The maximum atomic E-state index is 5.05. The molecule has 6 heteroatoms. The van der Waals surface area contributed by atoms with Crippen LogP contribution < -0.4 is 10.6 Å². The molecule has 0 spiro atoms. The predicted molar refractivity (Wildman–Crippen MR) is 81.4 cm³/mol. The molecule has 0 aliphatic carbocycles. The van der Waals surface area contributed by atoms with Crippen LogP contribution in [0.3, 0.4) is 0 Å². The van der Waals surface area contributed by atoms with E-state index in [1.54, 1.807) is 13.3 Å². The van der Waals surface area contributed by atoms with E-state index in [2.05, 4.69) is 27.5 Å². The van der Waals surface area contributed by atoms with Gasteiger partial charge >= 0.3 is 0 Å². The SMILES string of the molecule is CCCNc1cn2ccnc2c(NCCCCOC)n1. The molecule has 0 aromatic carbocycles. The van der Waals surface area contributed by atoms with Crippen LogP contribution >= 0.6 is 0 Å². The van der Waals surface area contributed by atoms with Gasteiger partial charge in [0, 0.05) is 39.2 Å². The van der Waals surface area contributed by atoms with E-state index < -0.39 is 0 Å². The Morgan fingerprint density at radius 3 is 2.95 bits per heavy atom. The van der Waals surface area contributed by atoms with Gasteiger partial charge in [-0.1, -0.05) is 6.92 Å². The van der Waals surface area contributed by atoms with E-state index in [1.165, 1.54) is 0 Å². The molecule has 2 aromatic rings. The molecule has 2 aromatic heterocycles. The number of nitrogens with zero attached hydrogens (tertiary/aromatic N) is 3. The van der Waals surface area contributed by atoms with Crippen molar-refractivity contribution in [2.75, 3.05) is 37.4 Å². The first kappa shape index (κ1) is 14.6. The zero-order valence-electron chi connectivity index (χ0n) is 12.2. The topological polar surface area (TPSA) is 63.5 Å². The van der Waals surface area contributed by atoms with Crippen LogP contribution in [-0.4, -0.2) is 41.2 Å². The van der Waals surface area contributed by atoms with Gasteiger partial charge in [-0.15, -0.1) is 0 Å². The minimum absolute atomic E-state index is 0.798. The number of fused-ring (bicyclic) bond motifs is 1. The van der Waals surface area contributed by atoms with Gasteiger partial charge in [0.15, 0.2) is 11.5 Å². The number of nitrogens with one attached hydrogen (secondary N) is 2. The summed E-state index contributed by atoms with van der Waals surface area (Å²) in [7, 11) is 1.73. The van der Waals surface area contributed by atoms with E-state index >= 15 is 0 Å². The van der Waals surface area contributed by atoms with Crippen molar-refractivity contribution in [3.8, 4) is 0 Å². The molecule has 0 unspecified atom stereocenters. The average Bonchev–Trinajstić information content (AvgIpc) is 2.93. The summed E-state index contributed by atoms with van der Waals surface area (Å²) in [5, 5.41) is 6.67. The van der Waals surface area contributed by atoms with Crippen molar-refractivity contribution in [3.63, 3.8) is 0 Å². The molecule has 2 N–H and O–H groups in total. The number of methoxy groups -OCH3 is 1. The quantitative estimate of drug-likeness (QED) is 0.689. The summed E-state index contributed by atoms with van der Waals surface area (Å²) in [6, 6.07) is 0. The summed E-state index contributed by atoms with van der Waals surface area (Å²) in [6.45, 7) is 4.72. The lowest BCUT2D eigenvalue weighted by molar-refractivity contribution is 0.194. The Bertz CT molecular complexity index is 525. The number of anilines is 2. The Morgan fingerprint density at radius 1 is 1.25 bits per heavy atom. The highest BCUT2D eigenvalue weighted by atomic mass is 16.5. The number of hydrogen-bond donors (Lipinski definition) is 2. The Hall–Kier alpha value is -1.82. The predicted octanol–water partition coefficient (Wildman–Crippen LogP) is 2.39. The van der Waals surface area contributed by atoms with Crippen LogP contribution in [0.15, 0.2) is 18.6 Å². The molecule has 0 amide bonds. The molecular formula is C14H23N5O. The van der Waals surface area contributed by atoms with Gasteiger partial charge < -0.3 is 19.8 Å². The molecule has 0 bridgehead atoms. The lowest BCUT2D eigenvalue weighted by Gasteiger charge is -2.10. The monoisotopic (exact) mass is 277 g/mol. The van der Waals surface area contributed by atoms with Gasteiger partial charge in [0.05, 0.1) is 6.20 Å². The van der Waals surface area contributed by atoms with Crippen LogP contribution in [0.5, 0.6) is 0 Å². The summed E-state index contributed by atoms with van der Waals surface area (Å²) >= 11 is 0. The number of unbranched alkanes of at least 4 members (excludes halogenated alkanes) is 1. The van der Waals surface area contributed by atoms with Gasteiger partial charge in [-0.05, 0) is 19.3 Å². The molecular weight excluding hydrogens is 254 g/mol. The van der Waals surface area contributed by atoms with Crippen LogP contribution in [-0.2, 0) is 4.74 Å². The van der Waals surface area contributed by atoms with Crippen LogP contribution in [0.25, 0.3) is 5.65 Å². The summed E-state index contributed by atoms with van der Waals surface area (Å²) < 4.78 is 7.03. The first-order chi connectivity index (χ1) is 9.85. The zero-order chi connectivity index (χ0) is 14.2. The van der Waals surface area contributed by atoms with Crippen LogP contribution in [0.1, 0.15) is 26.2 Å². The average molecular weight is 277 g/mol. The van der Waals surface area contributed by atoms with E-state index in [1.807, 2.05) is 16.8 Å². The van der Waals surface area contributed by atoms with E-state index in [9.17, 15) is 0 Å². The summed E-state index contributed by atoms with van der Waals surface area (Å²) in [5.41, 5.74) is 0.860. The van der Waals surface area contributed by atoms with Crippen LogP contribution in [0.2, 0.25) is 0 Å². The molecule has 6 nitrogen and oxygen atoms in total. The Balaban J connectivity index is 2.03. The first-order valence-electron chi connectivity index (χ1n) is 7.15. The molecule has 2 heterocycles. The number of hydrogen-bond acceptors (Lipinski definition) is 5. The van der Waals surface area contributed by atoms with Crippen LogP contribution in [0.4, 0.5) is 11.6 Å². The van der Waals surface area contributed by atoms with Crippen molar-refractivity contribution in [1.82, 2.24) is 14.4 Å². The maximum Gasteiger partial charge on any atom is 0.180 e. The third-order valence-corrected chi connectivity index (χ3v) is 3.00. The van der Waals surface area contributed by atoms with Gasteiger partial charge in [-0.25, -0.2) is 9.97 Å². The van der Waals surface area contributed by atoms with Crippen LogP contribution in [0, 0.1) is 0 Å². The van der Waals surface area contributed by atoms with Crippen molar-refractivity contribution in [2.24, 2.45) is 0 Å². The molecule has 110 valence electrons. The molecule has 0 saturated heterocycles. The van der Waals surface area contributed by atoms with Crippen molar-refractivity contribution in [1.29, 1.82) is 0 Å². The summed E-state index contributed by atoms with van der Waals surface area (Å²) in [4.78, 5) is 8.93. The first-order valence-corrected chi connectivity index (χ1v) is 7.15. The molecule has 0 atom stereocenters. The fourth-order valence-electron chi connectivity index (χ4n) is 1.97. The standard InChI is InChI=1S/C14H23N5O/c1-3-6-15-12-11-19-9-8-17-14(19)13(18-12)16-7-4-5-10-20-2/h8-9,11,15H,3-7,10H2,1-2H3,(H,16,18). The molecule has 0 radical (unpaired) electrons. The fraction of sp³-hybridized carbons (Fsp3) is 0.571. The van der Waals surface area contributed by atoms with Gasteiger partial charge in [-0.3, -0.25) is 0 Å². The molecule has 20 heavy (non-hydrogen) atoms. The minimum atomic E-state index is 0.798. The lowest BCUT2D eigenvalue weighted by atomic mass is 10.3. The van der Waals surface area contributed by atoms with E-state index in [0.717, 1.165) is 56.2 Å². The molecule has 0 aliphatic rings. The second-order valence-corrected chi connectivity index (χ2v) is 4.69. The highest BCUT2D eigenvalue weighted by Gasteiger charge is 2.06. The Labute approximate surface area is 119 Å². The Morgan fingerprint density at radius 2 is 2.15 bits per heavy atom. The van der Waals surface area contributed by atoms with Gasteiger partial charge in [0.25, 0.3) is 0 Å². The normalized spacial score (nSPS) is 10.9. The van der Waals surface area contributed by atoms with E-state index in [0.29, 0.717) is 0 Å². The van der Waals surface area contributed by atoms with Crippen molar-refractivity contribution >= 4 is 17.3 Å². The number of aromatic nitrogens is 3. The molecule has 0 aliphatic heterocycles. The smallest absolute Gasteiger partial charge is 0.180 e. The number of imidazole rings is 1. The Kier molecular flexibility index (Phi) is 5.61. The van der Waals surface area contributed by atoms with Crippen molar-refractivity contribution < 1.29 is 4.74 Å². The highest BCUT2D eigenvalue weighted by Crippen LogP contribution is 2.16. The maximum absolute atomic E-state index is 5.05. The van der Waals surface area contributed by atoms with Crippen molar-refractivity contribution in [2.45, 2.75) is 26.2 Å². The lowest BCUT2D eigenvalue weighted by Crippen LogP contribution is -2.09. The third kappa shape index (κ3) is 3.84. The minimum Gasteiger partial charge on any atom is -0.385 e. The second kappa shape index (κ2) is 7.69. The van der Waals surface area contributed by atoms with Gasteiger partial charge in [0.2, 0.25) is 0 Å². The fourth-order valence-corrected chi connectivity index (χ4v) is 1.97. The van der Waals surface area contributed by atoms with E-state index in [-0.39, 0.29) is 0 Å². The summed E-state index contributed by atoms with van der Waals surface area (Å²) in [6.07, 6.45) is 8.86. The van der Waals surface area contributed by atoms with Crippen molar-refractivity contribution in [3.05, 3.63) is 18.6 Å². The molecule has 0 fully saturated rings. The third-order valence-electron chi connectivity index (χ3n) is 3.00. The largest absolute Gasteiger partial charge is 0.385 e. The molecule has 0 saturated carbocycles. The van der Waals surface area contributed by atoms with Gasteiger partial charge in [-0.2, -0.15) is 0 Å². The number of ether oxygens (including phenoxy) is 1. The number of rotatable bonds is 9. The summed E-state index contributed by atoms with van der Waals surface area (Å²) in [5.74, 6) is 1.70. The zero-order valence-corrected chi connectivity index (χ0v) is 12.2. The molecule has 2 rings (SSSR count). The van der Waals surface area contributed by atoms with Gasteiger partial charge in [0.1, 0.15) is 5.82 Å². The highest BCUT2D eigenvalue weighted by molar-refractivity contribution is 5.65.